The molecule has 1 N–H and O–H groups in total. The molecule has 2 nitrogen and oxygen atoms in total. The average molecular weight is 190 g/mol. The fraction of sp³-hybridized carbons (Fsp3) is 0.778. The summed E-state index contributed by atoms with van der Waals surface area (Å²) in [6, 6.07) is 0. The molecule has 0 aromatic carbocycles. The molecule has 0 saturated carbocycles. The molecule has 0 amide bonds. The van der Waals surface area contributed by atoms with Crippen LogP contribution in [0.4, 0.5) is 0 Å². The van der Waals surface area contributed by atoms with Gasteiger partial charge in [-0.1, -0.05) is 17.7 Å². The Morgan fingerprint density at radius 3 is 3.17 bits per heavy atom. The van der Waals surface area contributed by atoms with E-state index in [1.165, 1.54) is 12.8 Å². The SMILES string of the molecule is Cl/C=C/CNCC1CCCOC1. The van der Waals surface area contributed by atoms with Crippen LogP contribution >= 0.6 is 11.6 Å². The topological polar surface area (TPSA) is 21.3 Å². The van der Waals surface area contributed by atoms with Crippen molar-refractivity contribution >= 4 is 11.6 Å². The Labute approximate surface area is 78.9 Å². The smallest absolute Gasteiger partial charge is 0.0506 e. The van der Waals surface area contributed by atoms with Gasteiger partial charge in [0.25, 0.3) is 0 Å². The van der Waals surface area contributed by atoms with Gasteiger partial charge >= 0.3 is 0 Å². The van der Waals surface area contributed by atoms with Gasteiger partial charge in [-0.2, -0.15) is 0 Å². The van der Waals surface area contributed by atoms with Crippen molar-refractivity contribution in [3.8, 4) is 0 Å². The summed E-state index contributed by atoms with van der Waals surface area (Å²) in [5.74, 6) is 0.697. The third-order valence-electron chi connectivity index (χ3n) is 2.04. The summed E-state index contributed by atoms with van der Waals surface area (Å²) in [7, 11) is 0. The van der Waals surface area contributed by atoms with E-state index in [0.29, 0.717) is 5.92 Å². The zero-order chi connectivity index (χ0) is 8.65. The van der Waals surface area contributed by atoms with Crippen LogP contribution in [0.3, 0.4) is 0 Å². The lowest BCUT2D eigenvalue weighted by atomic mass is 10.0. The van der Waals surface area contributed by atoms with Gasteiger partial charge in [0, 0.05) is 25.2 Å². The van der Waals surface area contributed by atoms with Gasteiger partial charge in [0.1, 0.15) is 0 Å². The Kier molecular flexibility index (Phi) is 5.41. The van der Waals surface area contributed by atoms with Gasteiger partial charge < -0.3 is 10.1 Å². The second-order valence-corrected chi connectivity index (χ2v) is 3.36. The zero-order valence-electron chi connectivity index (χ0n) is 7.26. The molecule has 1 aliphatic heterocycles. The summed E-state index contributed by atoms with van der Waals surface area (Å²) >= 11 is 5.38. The summed E-state index contributed by atoms with van der Waals surface area (Å²) in [5, 5.41) is 3.30. The predicted molar refractivity (Wildman–Crippen MR) is 51.4 cm³/mol. The minimum absolute atomic E-state index is 0.697. The van der Waals surface area contributed by atoms with Crippen LogP contribution in [0.1, 0.15) is 12.8 Å². The highest BCUT2D eigenvalue weighted by atomic mass is 35.5. The number of halogens is 1. The number of hydrogen-bond donors (Lipinski definition) is 1. The van der Waals surface area contributed by atoms with Crippen molar-refractivity contribution in [2.24, 2.45) is 5.92 Å². The van der Waals surface area contributed by atoms with Crippen molar-refractivity contribution < 1.29 is 4.74 Å². The molecule has 1 aliphatic rings. The molecule has 1 atom stereocenters. The quantitative estimate of drug-likeness (QED) is 0.681. The van der Waals surface area contributed by atoms with Crippen LogP contribution in [0, 0.1) is 5.92 Å². The normalized spacial score (nSPS) is 24.9. The second kappa shape index (κ2) is 6.46. The van der Waals surface area contributed by atoms with E-state index < -0.39 is 0 Å². The van der Waals surface area contributed by atoms with Crippen molar-refractivity contribution in [1.29, 1.82) is 0 Å². The van der Waals surface area contributed by atoms with Gasteiger partial charge in [-0.25, -0.2) is 0 Å². The van der Waals surface area contributed by atoms with E-state index in [-0.39, 0.29) is 0 Å². The van der Waals surface area contributed by atoms with Gasteiger partial charge in [0.2, 0.25) is 0 Å². The monoisotopic (exact) mass is 189 g/mol. The van der Waals surface area contributed by atoms with E-state index in [1.54, 1.807) is 5.54 Å². The lowest BCUT2D eigenvalue weighted by molar-refractivity contribution is 0.0552. The maximum absolute atomic E-state index is 5.38. The van der Waals surface area contributed by atoms with E-state index in [1.807, 2.05) is 6.08 Å². The second-order valence-electron chi connectivity index (χ2n) is 3.10. The van der Waals surface area contributed by atoms with Crippen molar-refractivity contribution in [3.05, 3.63) is 11.6 Å². The zero-order valence-corrected chi connectivity index (χ0v) is 8.02. The van der Waals surface area contributed by atoms with Crippen LogP contribution < -0.4 is 5.32 Å². The first-order valence-electron chi connectivity index (χ1n) is 4.47. The number of nitrogens with one attached hydrogen (secondary N) is 1. The highest BCUT2D eigenvalue weighted by Gasteiger charge is 2.12. The number of hydrogen-bond acceptors (Lipinski definition) is 2. The molecule has 70 valence electrons. The van der Waals surface area contributed by atoms with E-state index in [9.17, 15) is 0 Å². The molecule has 0 spiro atoms. The van der Waals surface area contributed by atoms with E-state index >= 15 is 0 Å². The van der Waals surface area contributed by atoms with Crippen LogP contribution in [0.2, 0.25) is 0 Å². The number of ether oxygens (including phenoxy) is 1. The Morgan fingerprint density at radius 2 is 2.50 bits per heavy atom. The molecule has 3 heteroatoms. The Hall–Kier alpha value is -0.0500. The van der Waals surface area contributed by atoms with Crippen LogP contribution in [0.25, 0.3) is 0 Å². The summed E-state index contributed by atoms with van der Waals surface area (Å²) in [5.41, 5.74) is 1.55. The fourth-order valence-corrected chi connectivity index (χ4v) is 1.47. The molecular formula is C9H16ClNO. The third-order valence-corrected chi connectivity index (χ3v) is 2.22. The molecule has 12 heavy (non-hydrogen) atoms. The maximum Gasteiger partial charge on any atom is 0.0506 e. The summed E-state index contributed by atoms with van der Waals surface area (Å²) in [6.45, 7) is 3.76. The molecule has 1 saturated heterocycles. The first-order chi connectivity index (χ1) is 5.93. The summed E-state index contributed by atoms with van der Waals surface area (Å²) < 4.78 is 5.36. The van der Waals surface area contributed by atoms with Gasteiger partial charge in [-0.3, -0.25) is 0 Å². The van der Waals surface area contributed by atoms with Crippen molar-refractivity contribution in [1.82, 2.24) is 5.32 Å². The molecule has 1 unspecified atom stereocenters. The molecule has 0 bridgehead atoms. The van der Waals surface area contributed by atoms with Crippen molar-refractivity contribution in [2.75, 3.05) is 26.3 Å². The lowest BCUT2D eigenvalue weighted by Gasteiger charge is -2.21. The Balaban J connectivity index is 1.97. The molecule has 0 aromatic heterocycles. The fourth-order valence-electron chi connectivity index (χ4n) is 1.38. The van der Waals surface area contributed by atoms with Crippen LogP contribution in [0.15, 0.2) is 11.6 Å². The number of rotatable bonds is 4. The van der Waals surface area contributed by atoms with Crippen LogP contribution in [-0.4, -0.2) is 26.3 Å². The van der Waals surface area contributed by atoms with E-state index in [0.717, 1.165) is 26.3 Å². The third kappa shape index (κ3) is 4.10. The molecule has 1 rings (SSSR count). The van der Waals surface area contributed by atoms with Gasteiger partial charge in [-0.15, -0.1) is 0 Å². The molecule has 1 fully saturated rings. The maximum atomic E-state index is 5.38. The summed E-state index contributed by atoms with van der Waals surface area (Å²) in [6.07, 6.45) is 4.40. The first-order valence-corrected chi connectivity index (χ1v) is 4.91. The predicted octanol–water partition coefficient (Wildman–Crippen LogP) is 1.76. The molecule has 0 aliphatic carbocycles. The molecule has 1 heterocycles. The van der Waals surface area contributed by atoms with Crippen LogP contribution in [-0.2, 0) is 4.74 Å². The van der Waals surface area contributed by atoms with Gasteiger partial charge in [0.15, 0.2) is 0 Å². The summed E-state index contributed by atoms with van der Waals surface area (Å²) in [4.78, 5) is 0. The Morgan fingerprint density at radius 1 is 1.58 bits per heavy atom. The van der Waals surface area contributed by atoms with E-state index in [4.69, 9.17) is 16.3 Å². The Bertz CT molecular complexity index is 132. The van der Waals surface area contributed by atoms with Crippen molar-refractivity contribution in [3.63, 3.8) is 0 Å². The highest BCUT2D eigenvalue weighted by molar-refractivity contribution is 6.25. The standard InChI is InChI=1S/C9H16ClNO/c10-4-2-5-11-7-9-3-1-6-12-8-9/h2,4,9,11H,1,3,5-8H2/b4-2+. The van der Waals surface area contributed by atoms with E-state index in [2.05, 4.69) is 5.32 Å². The first kappa shape index (κ1) is 10.0. The van der Waals surface area contributed by atoms with Crippen molar-refractivity contribution in [2.45, 2.75) is 12.8 Å². The minimum atomic E-state index is 0.697. The molecular weight excluding hydrogens is 174 g/mol. The average Bonchev–Trinajstić information content (AvgIpc) is 2.14. The minimum Gasteiger partial charge on any atom is -0.381 e. The largest absolute Gasteiger partial charge is 0.381 e. The van der Waals surface area contributed by atoms with Gasteiger partial charge in [0.05, 0.1) is 6.61 Å². The molecule has 0 radical (unpaired) electrons. The van der Waals surface area contributed by atoms with Crippen LogP contribution in [0.5, 0.6) is 0 Å². The highest BCUT2D eigenvalue weighted by Crippen LogP contribution is 2.11. The lowest BCUT2D eigenvalue weighted by Crippen LogP contribution is -2.29. The molecule has 0 aromatic rings. The van der Waals surface area contributed by atoms with Gasteiger partial charge in [-0.05, 0) is 18.8 Å².